The summed E-state index contributed by atoms with van der Waals surface area (Å²) < 4.78 is 1.30. The van der Waals surface area contributed by atoms with Gasteiger partial charge in [0.25, 0.3) is 17.4 Å². The maximum Gasteiger partial charge on any atom is 0.269 e. The Morgan fingerprint density at radius 1 is 0.971 bits per heavy atom. The van der Waals surface area contributed by atoms with Gasteiger partial charge in [0.2, 0.25) is 0 Å². The molecule has 9 nitrogen and oxygen atoms in total. The number of hydrogen-bond acceptors (Lipinski definition) is 7. The fourth-order valence-electron chi connectivity index (χ4n) is 3.32. The molecule has 172 valence electrons. The first-order valence-corrected chi connectivity index (χ1v) is 11.5. The summed E-state index contributed by atoms with van der Waals surface area (Å²) in [6, 6.07) is 16.0. The lowest BCUT2D eigenvalue weighted by atomic mass is 10.1. The summed E-state index contributed by atoms with van der Waals surface area (Å²) in [5.74, 6) is -0.332. The highest BCUT2D eigenvalue weighted by atomic mass is 32.2. The van der Waals surface area contributed by atoms with Crippen LogP contribution >= 0.6 is 11.8 Å². The van der Waals surface area contributed by atoms with Crippen molar-refractivity contribution in [3.63, 3.8) is 0 Å². The van der Waals surface area contributed by atoms with Crippen molar-refractivity contribution >= 4 is 34.6 Å². The van der Waals surface area contributed by atoms with Crippen molar-refractivity contribution in [1.29, 1.82) is 0 Å². The van der Waals surface area contributed by atoms with Crippen LogP contribution in [0.4, 0.5) is 0 Å². The molecule has 2 aromatic carbocycles. The van der Waals surface area contributed by atoms with Crippen molar-refractivity contribution in [3.8, 4) is 0 Å². The van der Waals surface area contributed by atoms with Crippen molar-refractivity contribution in [1.82, 2.24) is 30.4 Å². The summed E-state index contributed by atoms with van der Waals surface area (Å²) >= 11 is 1.52. The molecule has 4 rings (SSSR count). The smallest absolute Gasteiger partial charge is 0.269 e. The molecule has 34 heavy (non-hydrogen) atoms. The second-order valence-corrected chi connectivity index (χ2v) is 8.53. The van der Waals surface area contributed by atoms with E-state index in [1.165, 1.54) is 22.5 Å². The van der Waals surface area contributed by atoms with Crippen LogP contribution in [0.15, 0.2) is 70.7 Å². The maximum absolute atomic E-state index is 12.4. The van der Waals surface area contributed by atoms with Crippen LogP contribution in [0.1, 0.15) is 27.3 Å². The van der Waals surface area contributed by atoms with Crippen LogP contribution in [0.5, 0.6) is 0 Å². The van der Waals surface area contributed by atoms with E-state index >= 15 is 0 Å². The number of fused-ring (bicyclic) bond motifs is 1. The van der Waals surface area contributed by atoms with Crippen LogP contribution in [0.3, 0.4) is 0 Å². The largest absolute Gasteiger partial charge is 0.296 e. The lowest BCUT2D eigenvalue weighted by molar-refractivity contribution is -0.122. The first-order chi connectivity index (χ1) is 16.4. The molecule has 0 aliphatic heterocycles. The van der Waals surface area contributed by atoms with Crippen molar-refractivity contribution < 1.29 is 9.59 Å². The number of nitrogens with zero attached hydrogens (tertiary/aromatic N) is 4. The van der Waals surface area contributed by atoms with Gasteiger partial charge in [0, 0.05) is 22.7 Å². The monoisotopic (exact) mass is 474 g/mol. The van der Waals surface area contributed by atoms with Gasteiger partial charge < -0.3 is 0 Å². The maximum atomic E-state index is 12.4. The molecule has 0 radical (unpaired) electrons. The molecule has 0 unspecified atom stereocenters. The van der Waals surface area contributed by atoms with E-state index in [9.17, 15) is 14.4 Å². The van der Waals surface area contributed by atoms with Gasteiger partial charge in [-0.25, -0.2) is 15.0 Å². The zero-order chi connectivity index (χ0) is 24.1. The standard InChI is InChI=1S/C24H22N6O3S/c1-15-11-16(2)27-24(26-15)34-14-17-7-9-18(10-8-17)23(33)29-28-21(31)13-30-20-6-4-3-5-19(20)25-12-22(30)32/h3-12H,13-14H2,1-2H3,(H,28,31)(H,29,33). The summed E-state index contributed by atoms with van der Waals surface area (Å²) in [7, 11) is 0. The van der Waals surface area contributed by atoms with Crippen LogP contribution in [-0.2, 0) is 17.1 Å². The number of para-hydroxylation sites is 2. The Bertz CT molecular complexity index is 1400. The predicted molar refractivity (Wildman–Crippen MR) is 129 cm³/mol. The molecule has 0 aliphatic rings. The Morgan fingerprint density at radius 3 is 2.41 bits per heavy atom. The quantitative estimate of drug-likeness (QED) is 0.250. The van der Waals surface area contributed by atoms with Gasteiger partial charge >= 0.3 is 0 Å². The molecule has 2 amide bonds. The van der Waals surface area contributed by atoms with Gasteiger partial charge in [0.1, 0.15) is 6.54 Å². The van der Waals surface area contributed by atoms with Gasteiger partial charge in [-0.05, 0) is 49.7 Å². The Kier molecular flexibility index (Phi) is 6.98. The number of hydrazine groups is 1. The second kappa shape index (κ2) is 10.3. The summed E-state index contributed by atoms with van der Waals surface area (Å²) in [5, 5.41) is 0.711. The minimum absolute atomic E-state index is 0.251. The molecular formula is C24H22N6O3S. The van der Waals surface area contributed by atoms with Crippen molar-refractivity contribution in [2.24, 2.45) is 0 Å². The number of benzene rings is 2. The number of nitrogens with one attached hydrogen (secondary N) is 2. The number of thioether (sulfide) groups is 1. The number of amides is 2. The Morgan fingerprint density at radius 2 is 1.68 bits per heavy atom. The molecule has 10 heteroatoms. The molecule has 4 aromatic rings. The zero-order valence-corrected chi connectivity index (χ0v) is 19.4. The average molecular weight is 475 g/mol. The Balaban J connectivity index is 1.32. The first-order valence-electron chi connectivity index (χ1n) is 10.5. The molecule has 0 bridgehead atoms. The molecule has 0 atom stereocenters. The number of rotatable bonds is 6. The topological polar surface area (TPSA) is 119 Å². The van der Waals surface area contributed by atoms with E-state index in [-0.39, 0.29) is 6.54 Å². The fourth-order valence-corrected chi connectivity index (χ4v) is 4.22. The van der Waals surface area contributed by atoms with E-state index < -0.39 is 17.4 Å². The normalized spacial score (nSPS) is 10.8. The van der Waals surface area contributed by atoms with Gasteiger partial charge in [0.05, 0.1) is 17.2 Å². The minimum atomic E-state index is -0.534. The van der Waals surface area contributed by atoms with Crippen LogP contribution in [0.25, 0.3) is 11.0 Å². The highest BCUT2D eigenvalue weighted by molar-refractivity contribution is 7.98. The predicted octanol–water partition coefficient (Wildman–Crippen LogP) is 2.56. The van der Waals surface area contributed by atoms with E-state index in [2.05, 4.69) is 25.8 Å². The average Bonchev–Trinajstić information content (AvgIpc) is 2.83. The summed E-state index contributed by atoms with van der Waals surface area (Å²) in [6.45, 7) is 3.61. The van der Waals surface area contributed by atoms with Crippen molar-refractivity contribution in [2.45, 2.75) is 31.3 Å². The lowest BCUT2D eigenvalue weighted by Gasteiger charge is -2.11. The van der Waals surface area contributed by atoms with E-state index in [0.29, 0.717) is 27.5 Å². The molecule has 2 aromatic heterocycles. The van der Waals surface area contributed by atoms with Gasteiger partial charge in [-0.3, -0.25) is 29.8 Å². The second-order valence-electron chi connectivity index (χ2n) is 7.59. The molecular weight excluding hydrogens is 452 g/mol. The van der Waals surface area contributed by atoms with Gasteiger partial charge in [0.15, 0.2) is 5.16 Å². The molecule has 0 saturated heterocycles. The fraction of sp³-hybridized carbons (Fsp3) is 0.167. The SMILES string of the molecule is Cc1cc(C)nc(SCc2ccc(C(=O)NNC(=O)Cn3c(=O)cnc4ccccc43)cc2)n1. The first kappa shape index (κ1) is 23.1. The highest BCUT2D eigenvalue weighted by Gasteiger charge is 2.11. The van der Waals surface area contributed by atoms with Crippen molar-refractivity contribution in [3.05, 3.63) is 93.7 Å². The third kappa shape index (κ3) is 5.65. The van der Waals surface area contributed by atoms with Crippen LogP contribution in [-0.4, -0.2) is 31.3 Å². The number of aryl methyl sites for hydroxylation is 2. The number of hydrogen-bond donors (Lipinski definition) is 2. The molecule has 2 N–H and O–H groups in total. The number of carbonyl (C=O) groups is 2. The van der Waals surface area contributed by atoms with Gasteiger partial charge in [-0.2, -0.15) is 0 Å². The van der Waals surface area contributed by atoms with Crippen molar-refractivity contribution in [2.75, 3.05) is 0 Å². The molecule has 0 fully saturated rings. The third-order valence-electron chi connectivity index (χ3n) is 4.92. The van der Waals surface area contributed by atoms with Crippen LogP contribution in [0, 0.1) is 13.8 Å². The number of aromatic nitrogens is 4. The van der Waals surface area contributed by atoms with Crippen LogP contribution < -0.4 is 16.4 Å². The zero-order valence-electron chi connectivity index (χ0n) is 18.6. The molecule has 2 heterocycles. The minimum Gasteiger partial charge on any atom is -0.296 e. The van der Waals surface area contributed by atoms with Crippen LogP contribution in [0.2, 0.25) is 0 Å². The highest BCUT2D eigenvalue weighted by Crippen LogP contribution is 2.20. The Labute approximate surface area is 199 Å². The summed E-state index contributed by atoms with van der Waals surface area (Å²) in [4.78, 5) is 49.8. The summed E-state index contributed by atoms with van der Waals surface area (Å²) in [6.07, 6.45) is 1.17. The Hall–Kier alpha value is -4.05. The number of carbonyl (C=O) groups excluding carboxylic acids is 2. The lowest BCUT2D eigenvalue weighted by Crippen LogP contribution is -2.44. The van der Waals surface area contributed by atoms with Gasteiger partial charge in [-0.1, -0.05) is 36.0 Å². The molecule has 0 spiro atoms. The third-order valence-corrected chi connectivity index (χ3v) is 5.83. The molecule has 0 aliphatic carbocycles. The van der Waals surface area contributed by atoms with E-state index in [0.717, 1.165) is 17.0 Å². The molecule has 0 saturated carbocycles. The summed E-state index contributed by atoms with van der Waals surface area (Å²) in [5.41, 5.74) is 8.72. The van der Waals surface area contributed by atoms with E-state index in [1.54, 1.807) is 36.4 Å². The van der Waals surface area contributed by atoms with Gasteiger partial charge in [-0.15, -0.1) is 0 Å². The van der Waals surface area contributed by atoms with E-state index in [1.807, 2.05) is 32.0 Å². The van der Waals surface area contributed by atoms with E-state index in [4.69, 9.17) is 0 Å².